The number of carbonyl (C=O) groups is 1. The lowest BCUT2D eigenvalue weighted by molar-refractivity contribution is -0.769. The van der Waals surface area contributed by atoms with Crippen LogP contribution in [0, 0.1) is 39.5 Å². The van der Waals surface area contributed by atoms with E-state index < -0.39 is 46.0 Å². The van der Waals surface area contributed by atoms with Crippen LogP contribution in [0.2, 0.25) is 0 Å². The summed E-state index contributed by atoms with van der Waals surface area (Å²) < 4.78 is 15.9. The summed E-state index contributed by atoms with van der Waals surface area (Å²) in [6.45, 7) is 7.99. The molecule has 13 heteroatoms. The molecule has 2 heterocycles. The minimum Gasteiger partial charge on any atom is -0.493 e. The highest BCUT2D eigenvalue weighted by Gasteiger charge is 2.51. The van der Waals surface area contributed by atoms with Crippen molar-refractivity contribution in [2.24, 2.45) is 5.41 Å². The number of benzene rings is 1. The quantitative estimate of drug-likeness (QED) is 0.293. The Kier molecular flexibility index (Phi) is 9.38. The average molecular weight is 486 g/mol. The number of carboxylic acids is 1. The van der Waals surface area contributed by atoms with Gasteiger partial charge in [-0.25, -0.2) is 0 Å². The molecule has 0 unspecified atom stereocenters. The van der Waals surface area contributed by atoms with Gasteiger partial charge in [0.05, 0.1) is 25.2 Å². The number of hydrogen-bond donors (Lipinski definition) is 1. The van der Waals surface area contributed by atoms with Crippen molar-refractivity contribution in [1.29, 1.82) is 0 Å². The predicted molar refractivity (Wildman–Crippen MR) is 115 cm³/mol. The predicted octanol–water partition coefficient (Wildman–Crippen LogP) is 2.51. The number of carboxylic acid groups (broad SMARTS) is 1. The Morgan fingerprint density at radius 2 is 1.62 bits per heavy atom. The van der Waals surface area contributed by atoms with Crippen LogP contribution in [-0.2, 0) is 23.9 Å². The Hall–Kier alpha value is -3.19. The van der Waals surface area contributed by atoms with E-state index in [4.69, 9.17) is 19.3 Å². The molecule has 13 nitrogen and oxygen atoms in total. The highest BCUT2D eigenvalue weighted by molar-refractivity contribution is 5.73. The van der Waals surface area contributed by atoms with Crippen LogP contribution in [0.25, 0.3) is 0 Å². The first-order valence-corrected chi connectivity index (χ1v) is 10.7. The number of fused-ring (bicyclic) bond motifs is 1. The molecule has 4 atom stereocenters. The Labute approximate surface area is 196 Å². The van der Waals surface area contributed by atoms with E-state index in [-0.39, 0.29) is 13.2 Å². The summed E-state index contributed by atoms with van der Waals surface area (Å²) in [7, 11) is 0. The first kappa shape index (κ1) is 27.1. The van der Waals surface area contributed by atoms with Crippen LogP contribution < -0.4 is 4.74 Å². The van der Waals surface area contributed by atoms with E-state index in [2.05, 4.69) is 15.7 Å². The number of aliphatic carboxylic acids is 1. The second-order valence-electron chi connectivity index (χ2n) is 8.74. The third kappa shape index (κ3) is 7.70. The molecule has 2 aliphatic rings. The molecule has 0 amide bonds. The minimum absolute atomic E-state index is 0.0477. The third-order valence-corrected chi connectivity index (χ3v) is 5.53. The van der Waals surface area contributed by atoms with Gasteiger partial charge in [-0.05, 0) is 57.7 Å². The van der Waals surface area contributed by atoms with Gasteiger partial charge in [0, 0.05) is 0 Å². The summed E-state index contributed by atoms with van der Waals surface area (Å²) >= 11 is 0. The summed E-state index contributed by atoms with van der Waals surface area (Å²) in [6.07, 6.45) is -1.76. The average Bonchev–Trinajstić information content (AvgIpc) is 3.31. The molecule has 3 rings (SSSR count). The number of ether oxygens (including phenoxy) is 3. The molecule has 0 bridgehead atoms. The minimum atomic E-state index is -0.943. The van der Waals surface area contributed by atoms with Gasteiger partial charge < -0.3 is 29.0 Å². The standard InChI is InChI=1S/C15H22O3.C6H8N2O8/c1-11-6-7-12(2)13(10-11)18-9-5-8-15(3,4)14(16)17;9-7(10)15-3-1-13-6-4(16-8(11)12)2-14-5(3)6/h6-7,10H,5,8-9H2,1-4H3,(H,16,17);3-6H,1-2H2/t;3-,4+,5-,6-/m.1/s1. The van der Waals surface area contributed by atoms with Crippen LogP contribution in [0.1, 0.15) is 37.8 Å². The molecule has 2 aliphatic heterocycles. The summed E-state index contributed by atoms with van der Waals surface area (Å²) in [5, 5.41) is 27.4. The zero-order valence-corrected chi connectivity index (χ0v) is 19.5. The van der Waals surface area contributed by atoms with Gasteiger partial charge in [0.25, 0.3) is 10.2 Å². The van der Waals surface area contributed by atoms with Crippen LogP contribution in [0.3, 0.4) is 0 Å². The fraction of sp³-hybridized carbons (Fsp3) is 0.667. The van der Waals surface area contributed by atoms with Crippen molar-refractivity contribution in [2.45, 2.75) is 65.0 Å². The molecule has 0 saturated carbocycles. The van der Waals surface area contributed by atoms with Crippen molar-refractivity contribution in [3.63, 3.8) is 0 Å². The first-order chi connectivity index (χ1) is 15.9. The van der Waals surface area contributed by atoms with Crippen LogP contribution >= 0.6 is 0 Å². The lowest BCUT2D eigenvalue weighted by Gasteiger charge is -2.19. The molecular weight excluding hydrogens is 456 g/mol. The number of nitrogens with zero attached hydrogens (tertiary/aromatic N) is 2. The zero-order chi connectivity index (χ0) is 25.5. The van der Waals surface area contributed by atoms with Crippen molar-refractivity contribution >= 4 is 5.97 Å². The normalized spacial score (nSPS) is 23.3. The SMILES string of the molecule is Cc1ccc(C)c(OCCCC(C)(C)C(=O)O)c1.O=[N+]([O-])O[C@H]1CO[C@H]2[C@@H]1OC[C@H]2O[N+](=O)[O-]. The molecule has 0 radical (unpaired) electrons. The van der Waals surface area contributed by atoms with Crippen molar-refractivity contribution in [3.8, 4) is 5.75 Å². The molecule has 1 aromatic carbocycles. The van der Waals surface area contributed by atoms with Gasteiger partial charge in [-0.1, -0.05) is 12.1 Å². The Balaban J connectivity index is 0.000000241. The molecule has 1 aromatic rings. The van der Waals surface area contributed by atoms with E-state index in [1.54, 1.807) is 13.8 Å². The van der Waals surface area contributed by atoms with Gasteiger partial charge >= 0.3 is 5.97 Å². The second kappa shape index (κ2) is 11.8. The van der Waals surface area contributed by atoms with Crippen LogP contribution in [0.5, 0.6) is 5.75 Å². The van der Waals surface area contributed by atoms with Crippen LogP contribution in [-0.4, -0.2) is 65.5 Å². The molecule has 0 spiro atoms. The Morgan fingerprint density at radius 3 is 2.09 bits per heavy atom. The molecule has 0 aromatic heterocycles. The van der Waals surface area contributed by atoms with Crippen LogP contribution in [0.15, 0.2) is 18.2 Å². The van der Waals surface area contributed by atoms with E-state index in [9.17, 15) is 25.0 Å². The fourth-order valence-corrected chi connectivity index (χ4v) is 3.50. The fourth-order valence-electron chi connectivity index (χ4n) is 3.50. The molecule has 2 saturated heterocycles. The Morgan fingerprint density at radius 1 is 1.09 bits per heavy atom. The van der Waals surface area contributed by atoms with E-state index in [1.807, 2.05) is 26.0 Å². The summed E-state index contributed by atoms with van der Waals surface area (Å²) in [5.41, 5.74) is 1.60. The van der Waals surface area contributed by atoms with Crippen molar-refractivity contribution in [1.82, 2.24) is 0 Å². The van der Waals surface area contributed by atoms with E-state index in [0.717, 1.165) is 17.7 Å². The van der Waals surface area contributed by atoms with Gasteiger partial charge in [-0.2, -0.15) is 0 Å². The first-order valence-electron chi connectivity index (χ1n) is 10.7. The molecule has 0 aliphatic carbocycles. The second-order valence-corrected chi connectivity index (χ2v) is 8.74. The van der Waals surface area contributed by atoms with Gasteiger partial charge in [0.1, 0.15) is 18.0 Å². The van der Waals surface area contributed by atoms with Gasteiger partial charge in [-0.3, -0.25) is 4.79 Å². The smallest absolute Gasteiger partial charge is 0.309 e. The van der Waals surface area contributed by atoms with E-state index in [0.29, 0.717) is 13.0 Å². The zero-order valence-electron chi connectivity index (χ0n) is 19.5. The number of aryl methyl sites for hydroxylation is 2. The lowest BCUT2D eigenvalue weighted by Crippen LogP contribution is -2.35. The van der Waals surface area contributed by atoms with Gasteiger partial charge in [0.15, 0.2) is 12.2 Å². The number of hydrogen-bond acceptors (Lipinski definition) is 10. The largest absolute Gasteiger partial charge is 0.493 e. The topological polar surface area (TPSA) is 170 Å². The van der Waals surface area contributed by atoms with Crippen molar-refractivity contribution in [3.05, 3.63) is 49.6 Å². The summed E-state index contributed by atoms with van der Waals surface area (Å²) in [6, 6.07) is 6.10. The van der Waals surface area contributed by atoms with Crippen molar-refractivity contribution in [2.75, 3.05) is 19.8 Å². The van der Waals surface area contributed by atoms with Gasteiger partial charge in [-0.15, -0.1) is 20.2 Å². The monoisotopic (exact) mass is 486 g/mol. The maximum atomic E-state index is 10.9. The molecule has 190 valence electrons. The third-order valence-electron chi connectivity index (χ3n) is 5.53. The van der Waals surface area contributed by atoms with Crippen LogP contribution in [0.4, 0.5) is 0 Å². The molecule has 1 N–H and O–H groups in total. The van der Waals surface area contributed by atoms with Gasteiger partial charge in [0.2, 0.25) is 0 Å². The lowest BCUT2D eigenvalue weighted by atomic mass is 9.88. The maximum absolute atomic E-state index is 10.9. The molecular formula is C21H30N2O11. The summed E-state index contributed by atoms with van der Waals surface area (Å²) in [4.78, 5) is 39.9. The van der Waals surface area contributed by atoms with Crippen molar-refractivity contribution < 1.29 is 44.0 Å². The summed E-state index contributed by atoms with van der Waals surface area (Å²) in [5.74, 6) is 0.136. The molecule has 34 heavy (non-hydrogen) atoms. The molecule has 2 fully saturated rings. The van der Waals surface area contributed by atoms with E-state index >= 15 is 0 Å². The maximum Gasteiger partial charge on any atom is 0.309 e. The highest BCUT2D eigenvalue weighted by atomic mass is 17.0. The van der Waals surface area contributed by atoms with E-state index in [1.165, 1.54) is 5.56 Å². The Bertz CT molecular complexity index is 846. The highest BCUT2D eigenvalue weighted by Crippen LogP contribution is 2.30. The number of rotatable bonds is 10.